The third-order valence-corrected chi connectivity index (χ3v) is 4.58. The molecule has 0 spiro atoms. The van der Waals surface area contributed by atoms with Crippen molar-refractivity contribution >= 4 is 5.91 Å². The van der Waals surface area contributed by atoms with Gasteiger partial charge in [0.1, 0.15) is 0 Å². The highest BCUT2D eigenvalue weighted by Gasteiger charge is 2.23. The van der Waals surface area contributed by atoms with Crippen molar-refractivity contribution in [1.82, 2.24) is 10.2 Å². The van der Waals surface area contributed by atoms with Crippen LogP contribution in [0.2, 0.25) is 0 Å². The summed E-state index contributed by atoms with van der Waals surface area (Å²) >= 11 is 0. The predicted molar refractivity (Wildman–Crippen MR) is 80.3 cm³/mol. The minimum Gasteiger partial charge on any atom is -0.343 e. The van der Waals surface area contributed by atoms with Crippen LogP contribution in [0.5, 0.6) is 0 Å². The van der Waals surface area contributed by atoms with Crippen molar-refractivity contribution in [3.05, 3.63) is 35.4 Å². The SMILES string of the molecule is O=C(CCC1NCc2ccccc21)N1CCCCCC1. The molecule has 20 heavy (non-hydrogen) atoms. The largest absolute Gasteiger partial charge is 0.343 e. The average Bonchev–Trinajstić information content (AvgIpc) is 2.70. The van der Waals surface area contributed by atoms with Crippen LogP contribution in [-0.4, -0.2) is 23.9 Å². The molecule has 1 amide bonds. The molecule has 3 nitrogen and oxygen atoms in total. The van der Waals surface area contributed by atoms with E-state index in [4.69, 9.17) is 0 Å². The molecule has 1 aromatic carbocycles. The number of fused-ring (bicyclic) bond motifs is 1. The summed E-state index contributed by atoms with van der Waals surface area (Å²) in [5.74, 6) is 0.345. The molecule has 0 bridgehead atoms. The Morgan fingerprint density at radius 2 is 1.90 bits per heavy atom. The number of hydrogen-bond acceptors (Lipinski definition) is 2. The van der Waals surface area contributed by atoms with Gasteiger partial charge >= 0.3 is 0 Å². The second-order valence-corrected chi connectivity index (χ2v) is 5.97. The summed E-state index contributed by atoms with van der Waals surface area (Å²) in [5.41, 5.74) is 2.77. The molecule has 3 rings (SSSR count). The summed E-state index contributed by atoms with van der Waals surface area (Å²) in [4.78, 5) is 14.4. The van der Waals surface area contributed by atoms with E-state index in [-0.39, 0.29) is 0 Å². The monoisotopic (exact) mass is 272 g/mol. The summed E-state index contributed by atoms with van der Waals surface area (Å²) in [6, 6.07) is 8.91. The van der Waals surface area contributed by atoms with Gasteiger partial charge in [-0.2, -0.15) is 0 Å². The first-order valence-corrected chi connectivity index (χ1v) is 7.93. The maximum Gasteiger partial charge on any atom is 0.222 e. The fourth-order valence-electron chi connectivity index (χ4n) is 3.38. The molecule has 1 aromatic rings. The van der Waals surface area contributed by atoms with Gasteiger partial charge in [0.05, 0.1) is 0 Å². The van der Waals surface area contributed by atoms with Crippen LogP contribution in [0, 0.1) is 0 Å². The molecule has 1 unspecified atom stereocenters. The van der Waals surface area contributed by atoms with Crippen LogP contribution >= 0.6 is 0 Å². The van der Waals surface area contributed by atoms with E-state index in [0.717, 1.165) is 26.1 Å². The molecule has 2 aliphatic heterocycles. The molecule has 0 aromatic heterocycles. The van der Waals surface area contributed by atoms with E-state index < -0.39 is 0 Å². The predicted octanol–water partition coefficient (Wildman–Crippen LogP) is 3.01. The molecular weight excluding hydrogens is 248 g/mol. The van der Waals surface area contributed by atoms with Crippen molar-refractivity contribution in [2.24, 2.45) is 0 Å². The van der Waals surface area contributed by atoms with Crippen molar-refractivity contribution in [3.8, 4) is 0 Å². The number of carbonyl (C=O) groups is 1. The first-order valence-electron chi connectivity index (χ1n) is 7.93. The van der Waals surface area contributed by atoms with Gasteiger partial charge in [-0.3, -0.25) is 4.79 Å². The van der Waals surface area contributed by atoms with Crippen molar-refractivity contribution < 1.29 is 4.79 Å². The summed E-state index contributed by atoms with van der Waals surface area (Å²) < 4.78 is 0. The smallest absolute Gasteiger partial charge is 0.222 e. The molecule has 1 N–H and O–H groups in total. The van der Waals surface area contributed by atoms with E-state index in [9.17, 15) is 4.79 Å². The van der Waals surface area contributed by atoms with Crippen LogP contribution in [0.3, 0.4) is 0 Å². The zero-order valence-electron chi connectivity index (χ0n) is 12.1. The van der Waals surface area contributed by atoms with E-state index in [2.05, 4.69) is 34.5 Å². The van der Waals surface area contributed by atoms with E-state index >= 15 is 0 Å². The lowest BCUT2D eigenvalue weighted by Gasteiger charge is -2.21. The van der Waals surface area contributed by atoms with E-state index in [1.54, 1.807) is 0 Å². The fraction of sp³-hybridized carbons (Fsp3) is 0.588. The third-order valence-electron chi connectivity index (χ3n) is 4.58. The molecule has 1 atom stereocenters. The lowest BCUT2D eigenvalue weighted by atomic mass is 10.0. The highest BCUT2D eigenvalue weighted by molar-refractivity contribution is 5.76. The van der Waals surface area contributed by atoms with Gasteiger partial charge in [-0.1, -0.05) is 37.1 Å². The summed E-state index contributed by atoms with van der Waals surface area (Å²) in [6.07, 6.45) is 6.51. The number of nitrogens with zero attached hydrogens (tertiary/aromatic N) is 1. The van der Waals surface area contributed by atoms with Crippen molar-refractivity contribution in [2.75, 3.05) is 13.1 Å². The Balaban J connectivity index is 1.53. The quantitative estimate of drug-likeness (QED) is 0.917. The Kier molecular flexibility index (Phi) is 4.36. The van der Waals surface area contributed by atoms with E-state index in [0.29, 0.717) is 18.4 Å². The van der Waals surface area contributed by atoms with Gasteiger partial charge in [0, 0.05) is 32.1 Å². The molecule has 3 heteroatoms. The molecule has 0 saturated carbocycles. The molecule has 1 saturated heterocycles. The van der Waals surface area contributed by atoms with Crippen molar-refractivity contribution in [1.29, 1.82) is 0 Å². The number of likely N-dealkylation sites (tertiary alicyclic amines) is 1. The van der Waals surface area contributed by atoms with Crippen molar-refractivity contribution in [3.63, 3.8) is 0 Å². The van der Waals surface area contributed by atoms with Crippen LogP contribution in [0.1, 0.15) is 55.7 Å². The minimum absolute atomic E-state index is 0.345. The zero-order valence-corrected chi connectivity index (χ0v) is 12.1. The highest BCUT2D eigenvalue weighted by atomic mass is 16.2. The summed E-state index contributed by atoms with van der Waals surface area (Å²) in [5, 5.41) is 3.52. The molecule has 0 aliphatic carbocycles. The van der Waals surface area contributed by atoms with Gasteiger partial charge in [-0.05, 0) is 30.4 Å². The molecule has 2 heterocycles. The molecule has 2 aliphatic rings. The Labute approximate surface area is 121 Å². The number of carbonyl (C=O) groups excluding carboxylic acids is 1. The fourth-order valence-corrected chi connectivity index (χ4v) is 3.38. The van der Waals surface area contributed by atoms with Crippen LogP contribution in [-0.2, 0) is 11.3 Å². The van der Waals surface area contributed by atoms with Crippen LogP contribution < -0.4 is 5.32 Å². The minimum atomic E-state index is 0.345. The molecular formula is C17H24N2O. The van der Waals surface area contributed by atoms with Crippen LogP contribution in [0.15, 0.2) is 24.3 Å². The number of amides is 1. The van der Waals surface area contributed by atoms with E-state index in [1.165, 1.54) is 36.8 Å². The number of benzene rings is 1. The van der Waals surface area contributed by atoms with E-state index in [1.807, 2.05) is 0 Å². The number of rotatable bonds is 3. The topological polar surface area (TPSA) is 32.3 Å². The lowest BCUT2D eigenvalue weighted by molar-refractivity contribution is -0.131. The average molecular weight is 272 g/mol. The third kappa shape index (κ3) is 3.04. The van der Waals surface area contributed by atoms with Gasteiger partial charge in [-0.25, -0.2) is 0 Å². The Bertz CT molecular complexity index is 464. The Morgan fingerprint density at radius 3 is 2.70 bits per heavy atom. The maximum absolute atomic E-state index is 12.3. The maximum atomic E-state index is 12.3. The second-order valence-electron chi connectivity index (χ2n) is 5.97. The Hall–Kier alpha value is -1.35. The van der Waals surface area contributed by atoms with Gasteiger partial charge in [0.15, 0.2) is 0 Å². The Morgan fingerprint density at radius 1 is 1.15 bits per heavy atom. The first kappa shape index (κ1) is 13.6. The van der Waals surface area contributed by atoms with Crippen LogP contribution in [0.25, 0.3) is 0 Å². The van der Waals surface area contributed by atoms with Gasteiger partial charge in [0.2, 0.25) is 5.91 Å². The van der Waals surface area contributed by atoms with Gasteiger partial charge in [-0.15, -0.1) is 0 Å². The zero-order chi connectivity index (χ0) is 13.8. The molecule has 0 radical (unpaired) electrons. The lowest BCUT2D eigenvalue weighted by Crippen LogP contribution is -2.32. The number of nitrogens with one attached hydrogen (secondary N) is 1. The second kappa shape index (κ2) is 6.40. The molecule has 1 fully saturated rings. The summed E-state index contributed by atoms with van der Waals surface area (Å²) in [6.45, 7) is 2.87. The van der Waals surface area contributed by atoms with Crippen molar-refractivity contribution in [2.45, 2.75) is 51.1 Å². The standard InChI is InChI=1S/C17H24N2O/c20-17(19-11-5-1-2-6-12-19)10-9-16-15-8-4-3-7-14(15)13-18-16/h3-4,7-8,16,18H,1-2,5-6,9-13H2. The normalized spacial score (nSPS) is 22.4. The van der Waals surface area contributed by atoms with Gasteiger partial charge in [0.25, 0.3) is 0 Å². The summed E-state index contributed by atoms with van der Waals surface area (Å²) in [7, 11) is 0. The first-order chi connectivity index (χ1) is 9.84. The van der Waals surface area contributed by atoms with Crippen LogP contribution in [0.4, 0.5) is 0 Å². The molecule has 108 valence electrons. The van der Waals surface area contributed by atoms with Gasteiger partial charge < -0.3 is 10.2 Å². The number of hydrogen-bond donors (Lipinski definition) is 1. The highest BCUT2D eigenvalue weighted by Crippen LogP contribution is 2.28.